The lowest BCUT2D eigenvalue weighted by molar-refractivity contribution is 0.274. The van der Waals surface area contributed by atoms with Gasteiger partial charge in [-0.3, -0.25) is 0 Å². The van der Waals surface area contributed by atoms with Gasteiger partial charge in [-0.1, -0.05) is 25.1 Å². The van der Waals surface area contributed by atoms with Crippen LogP contribution in [0.15, 0.2) is 42.5 Å². The molecule has 2 rings (SSSR count). The Morgan fingerprint density at radius 3 is 2.58 bits per heavy atom. The summed E-state index contributed by atoms with van der Waals surface area (Å²) in [5, 5.41) is 9.06. The molecule has 0 aliphatic heterocycles. The van der Waals surface area contributed by atoms with Crippen LogP contribution in [0.4, 0.5) is 0 Å². The van der Waals surface area contributed by atoms with E-state index in [9.17, 15) is 0 Å². The van der Waals surface area contributed by atoms with Crippen LogP contribution in [0.1, 0.15) is 19.0 Å². The second kappa shape index (κ2) is 6.75. The second-order valence-electron chi connectivity index (χ2n) is 4.02. The Labute approximate surface area is 112 Å². The number of hydrogen-bond donors (Lipinski definition) is 1. The second-order valence-corrected chi connectivity index (χ2v) is 4.02. The fourth-order valence-corrected chi connectivity index (χ4v) is 1.58. The van der Waals surface area contributed by atoms with Gasteiger partial charge in [-0.2, -0.15) is 0 Å². The van der Waals surface area contributed by atoms with E-state index >= 15 is 0 Å². The summed E-state index contributed by atoms with van der Waals surface area (Å²) in [6.45, 7) is 2.59. The lowest BCUT2D eigenvalue weighted by Gasteiger charge is -2.11. The molecule has 4 heteroatoms. The number of aliphatic hydroxyl groups is 1. The maximum Gasteiger partial charge on any atom is 0.219 e. The minimum absolute atomic E-state index is 0.106. The van der Waals surface area contributed by atoms with Gasteiger partial charge in [0.25, 0.3) is 0 Å². The monoisotopic (exact) mass is 259 g/mol. The third-order valence-electron chi connectivity index (χ3n) is 2.47. The van der Waals surface area contributed by atoms with E-state index < -0.39 is 0 Å². The number of pyridine rings is 1. The molecule has 0 radical (unpaired) electrons. The molecule has 4 nitrogen and oxygen atoms in total. The summed E-state index contributed by atoms with van der Waals surface area (Å²) in [5.74, 6) is 1.76. The van der Waals surface area contributed by atoms with Crippen molar-refractivity contribution in [3.05, 3.63) is 48.2 Å². The maximum atomic E-state index is 9.06. The van der Waals surface area contributed by atoms with Crippen molar-refractivity contribution in [1.29, 1.82) is 0 Å². The summed E-state index contributed by atoms with van der Waals surface area (Å²) >= 11 is 0. The zero-order chi connectivity index (χ0) is 13.5. The van der Waals surface area contributed by atoms with Crippen LogP contribution in [0.2, 0.25) is 0 Å². The Morgan fingerprint density at radius 1 is 1.05 bits per heavy atom. The molecule has 0 atom stereocenters. The van der Waals surface area contributed by atoms with Crippen molar-refractivity contribution in [1.82, 2.24) is 4.98 Å². The van der Waals surface area contributed by atoms with Crippen LogP contribution in [0, 0.1) is 0 Å². The Kier molecular flexibility index (Phi) is 4.75. The third-order valence-corrected chi connectivity index (χ3v) is 2.47. The lowest BCUT2D eigenvalue weighted by Crippen LogP contribution is -1.98. The molecule has 0 fully saturated rings. The molecule has 0 saturated carbocycles. The minimum atomic E-state index is -0.106. The van der Waals surface area contributed by atoms with Crippen LogP contribution in [0.3, 0.4) is 0 Å². The number of ether oxygens (including phenoxy) is 2. The topological polar surface area (TPSA) is 51.6 Å². The van der Waals surface area contributed by atoms with Crippen molar-refractivity contribution in [2.24, 2.45) is 0 Å². The van der Waals surface area contributed by atoms with Gasteiger partial charge in [-0.05, 0) is 24.6 Å². The predicted molar refractivity (Wildman–Crippen MR) is 72.5 cm³/mol. The van der Waals surface area contributed by atoms with Gasteiger partial charge in [-0.25, -0.2) is 4.98 Å². The van der Waals surface area contributed by atoms with Gasteiger partial charge in [0.15, 0.2) is 11.5 Å². The van der Waals surface area contributed by atoms with E-state index in [0.29, 0.717) is 29.7 Å². The molecular weight excluding hydrogens is 242 g/mol. The van der Waals surface area contributed by atoms with Crippen LogP contribution in [0.5, 0.6) is 17.4 Å². The molecule has 0 aliphatic carbocycles. The summed E-state index contributed by atoms with van der Waals surface area (Å²) in [4.78, 5) is 4.18. The molecule has 0 unspecified atom stereocenters. The first-order chi connectivity index (χ1) is 9.33. The number of nitrogens with zero attached hydrogens (tertiary/aromatic N) is 1. The number of hydrogen-bond acceptors (Lipinski definition) is 4. The normalized spacial score (nSPS) is 10.2. The number of para-hydroxylation sites is 2. The van der Waals surface area contributed by atoms with Crippen molar-refractivity contribution in [3.63, 3.8) is 0 Å². The molecule has 0 spiro atoms. The molecule has 1 N–H and O–H groups in total. The highest BCUT2D eigenvalue weighted by Gasteiger charge is 2.06. The standard InChI is InChI=1S/C15H17NO3/c1-2-10-18-13-7-3-4-8-14(13)19-15-9-5-6-12(11-17)16-15/h3-9,17H,2,10-11H2,1H3. The first-order valence-corrected chi connectivity index (χ1v) is 6.30. The largest absolute Gasteiger partial charge is 0.490 e. The first kappa shape index (κ1) is 13.4. The minimum Gasteiger partial charge on any atom is -0.490 e. The zero-order valence-corrected chi connectivity index (χ0v) is 10.9. The van der Waals surface area contributed by atoms with Crippen molar-refractivity contribution in [2.45, 2.75) is 20.0 Å². The van der Waals surface area contributed by atoms with Crippen molar-refractivity contribution < 1.29 is 14.6 Å². The van der Waals surface area contributed by atoms with Gasteiger partial charge >= 0.3 is 0 Å². The highest BCUT2D eigenvalue weighted by molar-refractivity contribution is 5.41. The van der Waals surface area contributed by atoms with Crippen LogP contribution in [0.25, 0.3) is 0 Å². The molecule has 1 heterocycles. The molecule has 19 heavy (non-hydrogen) atoms. The van der Waals surface area contributed by atoms with Crippen LogP contribution >= 0.6 is 0 Å². The number of benzene rings is 1. The van der Waals surface area contributed by atoms with Crippen molar-refractivity contribution in [3.8, 4) is 17.4 Å². The molecule has 0 bridgehead atoms. The van der Waals surface area contributed by atoms with E-state index in [1.807, 2.05) is 24.3 Å². The Morgan fingerprint density at radius 2 is 1.84 bits per heavy atom. The first-order valence-electron chi connectivity index (χ1n) is 6.30. The smallest absolute Gasteiger partial charge is 0.219 e. The summed E-state index contributed by atoms with van der Waals surface area (Å²) in [6.07, 6.45) is 0.937. The third kappa shape index (κ3) is 3.69. The van der Waals surface area contributed by atoms with Gasteiger partial charge in [-0.15, -0.1) is 0 Å². The van der Waals surface area contributed by atoms with E-state index in [1.54, 1.807) is 18.2 Å². The summed E-state index contributed by atoms with van der Waals surface area (Å²) in [5.41, 5.74) is 0.574. The van der Waals surface area contributed by atoms with E-state index in [0.717, 1.165) is 6.42 Å². The van der Waals surface area contributed by atoms with Gasteiger partial charge in [0.05, 0.1) is 18.9 Å². The highest BCUT2D eigenvalue weighted by atomic mass is 16.5. The summed E-state index contributed by atoms with van der Waals surface area (Å²) in [7, 11) is 0. The van der Waals surface area contributed by atoms with Crippen LogP contribution < -0.4 is 9.47 Å². The Balaban J connectivity index is 2.17. The van der Waals surface area contributed by atoms with E-state index in [2.05, 4.69) is 11.9 Å². The fourth-order valence-electron chi connectivity index (χ4n) is 1.58. The molecular formula is C15H17NO3. The molecule has 0 aliphatic rings. The number of rotatable bonds is 6. The van der Waals surface area contributed by atoms with Gasteiger partial charge in [0.2, 0.25) is 5.88 Å². The highest BCUT2D eigenvalue weighted by Crippen LogP contribution is 2.30. The van der Waals surface area contributed by atoms with E-state index in [-0.39, 0.29) is 6.61 Å². The number of aromatic nitrogens is 1. The zero-order valence-electron chi connectivity index (χ0n) is 10.9. The van der Waals surface area contributed by atoms with Crippen LogP contribution in [-0.4, -0.2) is 16.7 Å². The average Bonchev–Trinajstić information content (AvgIpc) is 2.46. The SMILES string of the molecule is CCCOc1ccccc1Oc1cccc(CO)n1. The van der Waals surface area contributed by atoms with Gasteiger partial charge in [0.1, 0.15) is 0 Å². The van der Waals surface area contributed by atoms with Crippen molar-refractivity contribution >= 4 is 0 Å². The molecule has 1 aromatic heterocycles. The lowest BCUT2D eigenvalue weighted by atomic mass is 10.3. The Hall–Kier alpha value is -2.07. The predicted octanol–water partition coefficient (Wildman–Crippen LogP) is 3.16. The van der Waals surface area contributed by atoms with Crippen LogP contribution in [-0.2, 0) is 6.61 Å². The molecule has 100 valence electrons. The molecule has 1 aromatic carbocycles. The number of aliphatic hydroxyl groups excluding tert-OH is 1. The fraction of sp³-hybridized carbons (Fsp3) is 0.267. The van der Waals surface area contributed by atoms with Gasteiger partial charge in [0, 0.05) is 6.07 Å². The summed E-state index contributed by atoms with van der Waals surface area (Å²) in [6, 6.07) is 12.8. The summed E-state index contributed by atoms with van der Waals surface area (Å²) < 4.78 is 11.3. The quantitative estimate of drug-likeness (QED) is 0.865. The van der Waals surface area contributed by atoms with E-state index in [4.69, 9.17) is 14.6 Å². The van der Waals surface area contributed by atoms with E-state index in [1.165, 1.54) is 0 Å². The molecule has 0 amide bonds. The maximum absolute atomic E-state index is 9.06. The van der Waals surface area contributed by atoms with Crippen molar-refractivity contribution in [2.75, 3.05) is 6.61 Å². The van der Waals surface area contributed by atoms with Gasteiger partial charge < -0.3 is 14.6 Å². The Bertz CT molecular complexity index is 528. The molecule has 2 aromatic rings. The average molecular weight is 259 g/mol. The molecule has 0 saturated heterocycles.